The van der Waals surface area contributed by atoms with Crippen molar-refractivity contribution in [2.24, 2.45) is 0 Å². The Kier molecular flexibility index (Phi) is 6.98. The molecule has 0 radical (unpaired) electrons. The minimum absolute atomic E-state index is 0.0294. The highest BCUT2D eigenvalue weighted by Crippen LogP contribution is 2.45. The fourth-order valence-electron chi connectivity index (χ4n) is 4.62. The number of benzene rings is 2. The number of fused-ring (bicyclic) bond motifs is 1. The number of thiazole rings is 1. The molecule has 1 fully saturated rings. The molecule has 0 amide bonds. The lowest BCUT2D eigenvalue weighted by molar-refractivity contribution is -0.140. The van der Waals surface area contributed by atoms with E-state index in [1.165, 1.54) is 4.90 Å². The van der Waals surface area contributed by atoms with E-state index in [1.807, 2.05) is 24.3 Å². The third kappa shape index (κ3) is 4.84. The average molecular weight is 537 g/mol. The number of aromatic nitrogens is 2. The summed E-state index contributed by atoms with van der Waals surface area (Å²) in [6.45, 7) is -1.49. The maximum absolute atomic E-state index is 13.3. The van der Waals surface area contributed by atoms with Crippen molar-refractivity contribution in [3.05, 3.63) is 53.5 Å². The van der Waals surface area contributed by atoms with Gasteiger partial charge in [0.25, 0.3) is 0 Å². The fraction of sp³-hybridized carbons (Fsp3) is 0.346. The summed E-state index contributed by atoms with van der Waals surface area (Å²) >= 11 is 0.818. The second-order valence-electron chi connectivity index (χ2n) is 8.83. The zero-order valence-corrected chi connectivity index (χ0v) is 20.6. The molecule has 0 saturated heterocycles. The SMILES string of the molecule is Nc1c(-c2ccc(N(CCF)c3nc(C(F)(F)F)cs3)cc2)n(C2CCC2)c2cc(OCCF)ccc12. The predicted molar refractivity (Wildman–Crippen MR) is 136 cm³/mol. The van der Waals surface area contributed by atoms with Crippen molar-refractivity contribution in [2.75, 3.05) is 37.1 Å². The molecule has 2 heterocycles. The van der Waals surface area contributed by atoms with E-state index in [0.29, 0.717) is 17.1 Å². The lowest BCUT2D eigenvalue weighted by atomic mass is 9.92. The van der Waals surface area contributed by atoms with Crippen LogP contribution >= 0.6 is 11.3 Å². The van der Waals surface area contributed by atoms with Crippen LogP contribution in [0.5, 0.6) is 5.75 Å². The lowest BCUT2D eigenvalue weighted by Gasteiger charge is -2.30. The van der Waals surface area contributed by atoms with Gasteiger partial charge in [0.05, 0.1) is 23.4 Å². The van der Waals surface area contributed by atoms with Gasteiger partial charge >= 0.3 is 6.18 Å². The Labute approximate surface area is 214 Å². The molecule has 1 aliphatic carbocycles. The van der Waals surface area contributed by atoms with E-state index in [1.54, 1.807) is 18.2 Å². The second kappa shape index (κ2) is 10.2. The summed E-state index contributed by atoms with van der Waals surface area (Å²) in [7, 11) is 0. The van der Waals surface area contributed by atoms with Crippen molar-refractivity contribution in [1.29, 1.82) is 0 Å². The van der Waals surface area contributed by atoms with Crippen molar-refractivity contribution in [1.82, 2.24) is 9.55 Å². The molecule has 5 nitrogen and oxygen atoms in total. The van der Waals surface area contributed by atoms with Crippen molar-refractivity contribution in [2.45, 2.75) is 31.5 Å². The number of ether oxygens (including phenoxy) is 1. The van der Waals surface area contributed by atoms with Crippen LogP contribution < -0.4 is 15.4 Å². The van der Waals surface area contributed by atoms with Crippen molar-refractivity contribution >= 4 is 38.7 Å². The first-order valence-electron chi connectivity index (χ1n) is 11.9. The van der Waals surface area contributed by atoms with E-state index < -0.39 is 25.2 Å². The monoisotopic (exact) mass is 536 g/mol. The highest BCUT2D eigenvalue weighted by molar-refractivity contribution is 7.13. The Hall–Kier alpha value is -3.34. The third-order valence-electron chi connectivity index (χ3n) is 6.57. The summed E-state index contributed by atoms with van der Waals surface area (Å²) < 4.78 is 72.8. The smallest absolute Gasteiger partial charge is 0.434 e. The van der Waals surface area contributed by atoms with Crippen LogP contribution in [0.2, 0.25) is 0 Å². The topological polar surface area (TPSA) is 56.3 Å². The molecular weight excluding hydrogens is 511 g/mol. The molecule has 37 heavy (non-hydrogen) atoms. The molecule has 5 rings (SSSR count). The molecule has 0 atom stereocenters. The Balaban J connectivity index is 1.53. The first-order chi connectivity index (χ1) is 17.8. The summed E-state index contributed by atoms with van der Waals surface area (Å²) in [5.41, 5.74) is 9.31. The average Bonchev–Trinajstić information content (AvgIpc) is 3.45. The quantitative estimate of drug-likeness (QED) is 0.225. The van der Waals surface area contributed by atoms with E-state index in [9.17, 15) is 22.0 Å². The third-order valence-corrected chi connectivity index (χ3v) is 7.44. The number of halogens is 5. The molecule has 2 aromatic carbocycles. The van der Waals surface area contributed by atoms with Gasteiger partial charge in [0.15, 0.2) is 10.8 Å². The molecule has 2 aromatic heterocycles. The van der Waals surface area contributed by atoms with Gasteiger partial charge in [-0.3, -0.25) is 0 Å². The number of nitrogens with two attached hydrogens (primary N) is 1. The molecule has 1 saturated carbocycles. The number of hydrogen-bond acceptors (Lipinski definition) is 5. The number of rotatable bonds is 9. The Bertz CT molecular complexity index is 1380. The first-order valence-corrected chi connectivity index (χ1v) is 12.8. The second-order valence-corrected chi connectivity index (χ2v) is 9.67. The van der Waals surface area contributed by atoms with Crippen LogP contribution in [0.3, 0.4) is 0 Å². The molecule has 11 heteroatoms. The molecule has 4 aromatic rings. The van der Waals surface area contributed by atoms with Gasteiger partial charge in [-0.2, -0.15) is 13.2 Å². The Morgan fingerprint density at radius 2 is 1.84 bits per heavy atom. The molecule has 1 aliphatic rings. The summed E-state index contributed by atoms with van der Waals surface area (Å²) in [6, 6.07) is 12.9. The minimum atomic E-state index is -4.57. The van der Waals surface area contributed by atoms with Crippen LogP contribution in [0.15, 0.2) is 47.8 Å². The Morgan fingerprint density at radius 3 is 2.43 bits per heavy atom. The van der Waals surface area contributed by atoms with E-state index in [0.717, 1.165) is 58.1 Å². The first kappa shape index (κ1) is 25.3. The summed E-state index contributed by atoms with van der Waals surface area (Å²) in [4.78, 5) is 5.11. The maximum Gasteiger partial charge on any atom is 0.434 e. The summed E-state index contributed by atoms with van der Waals surface area (Å²) in [6.07, 6.45) is -1.46. The molecule has 0 bridgehead atoms. The van der Waals surface area contributed by atoms with Gasteiger partial charge in [0, 0.05) is 34.1 Å². The van der Waals surface area contributed by atoms with Gasteiger partial charge in [-0.05, 0) is 43.5 Å². The van der Waals surface area contributed by atoms with E-state index in [4.69, 9.17) is 10.5 Å². The number of alkyl halides is 5. The number of nitrogen functional groups attached to an aromatic ring is 1. The van der Waals surface area contributed by atoms with Crippen molar-refractivity contribution in [3.63, 3.8) is 0 Å². The normalized spacial score (nSPS) is 14.2. The van der Waals surface area contributed by atoms with Crippen LogP contribution in [-0.2, 0) is 6.18 Å². The zero-order chi connectivity index (χ0) is 26.2. The molecule has 0 aliphatic heterocycles. The maximum atomic E-state index is 13.3. The highest BCUT2D eigenvalue weighted by Gasteiger charge is 2.34. The largest absolute Gasteiger partial charge is 0.491 e. The minimum Gasteiger partial charge on any atom is -0.491 e. The van der Waals surface area contributed by atoms with Crippen LogP contribution in [0.1, 0.15) is 31.0 Å². The zero-order valence-electron chi connectivity index (χ0n) is 19.8. The summed E-state index contributed by atoms with van der Waals surface area (Å²) in [5, 5.41) is 1.86. The van der Waals surface area contributed by atoms with Gasteiger partial charge in [0.1, 0.15) is 25.7 Å². The van der Waals surface area contributed by atoms with Gasteiger partial charge < -0.3 is 19.9 Å². The van der Waals surface area contributed by atoms with Crippen LogP contribution in [-0.4, -0.2) is 36.1 Å². The van der Waals surface area contributed by atoms with Gasteiger partial charge in [-0.15, -0.1) is 11.3 Å². The molecule has 196 valence electrons. The van der Waals surface area contributed by atoms with Gasteiger partial charge in [0.2, 0.25) is 0 Å². The highest BCUT2D eigenvalue weighted by atomic mass is 32.1. The number of anilines is 3. The van der Waals surface area contributed by atoms with E-state index in [2.05, 4.69) is 9.55 Å². The molecule has 2 N–H and O–H groups in total. The van der Waals surface area contributed by atoms with Crippen molar-refractivity contribution in [3.8, 4) is 17.0 Å². The van der Waals surface area contributed by atoms with Crippen LogP contribution in [0.25, 0.3) is 22.2 Å². The molecule has 0 spiro atoms. The van der Waals surface area contributed by atoms with E-state index >= 15 is 0 Å². The van der Waals surface area contributed by atoms with Crippen molar-refractivity contribution < 1.29 is 26.7 Å². The van der Waals surface area contributed by atoms with Crippen LogP contribution in [0.4, 0.5) is 38.5 Å². The standard InChI is InChI=1S/C26H25F5N4OS/c27-10-12-34(25-33-22(15-37-25)26(29,30)31)17-6-4-16(5-7-17)24-23(32)20-9-8-19(36-13-11-28)14-21(20)35(24)18-2-1-3-18/h4-9,14-15,18H,1-3,10-13,32H2. The van der Waals surface area contributed by atoms with Gasteiger partial charge in [-0.1, -0.05) is 12.1 Å². The van der Waals surface area contributed by atoms with Crippen LogP contribution in [0, 0.1) is 0 Å². The predicted octanol–water partition coefficient (Wildman–Crippen LogP) is 7.55. The van der Waals surface area contributed by atoms with Gasteiger partial charge in [-0.25, -0.2) is 13.8 Å². The number of hydrogen-bond donors (Lipinski definition) is 1. The lowest BCUT2D eigenvalue weighted by Crippen LogP contribution is -2.20. The fourth-order valence-corrected chi connectivity index (χ4v) is 5.50. The number of nitrogens with zero attached hydrogens (tertiary/aromatic N) is 3. The Morgan fingerprint density at radius 1 is 1.08 bits per heavy atom. The molecule has 0 unspecified atom stereocenters. The molecular formula is C26H25F5N4OS. The summed E-state index contributed by atoms with van der Waals surface area (Å²) in [5.74, 6) is 0.564. The van der Waals surface area contributed by atoms with E-state index in [-0.39, 0.29) is 24.3 Å².